The summed E-state index contributed by atoms with van der Waals surface area (Å²) < 4.78 is 5.33. The molecule has 0 unspecified atom stereocenters. The molecule has 2 aromatic heterocycles. The van der Waals surface area contributed by atoms with Crippen molar-refractivity contribution in [2.45, 2.75) is 38.5 Å². The number of anilines is 1. The smallest absolute Gasteiger partial charge is 0.223 e. The number of aromatic nitrogens is 2. The van der Waals surface area contributed by atoms with Crippen LogP contribution < -0.4 is 10.2 Å². The van der Waals surface area contributed by atoms with Gasteiger partial charge in [-0.3, -0.25) is 4.79 Å². The standard InChI is InChI=1S/C25H28N4O2/c30-25(26-14-11-20-8-5-17-31-20)19-12-15-29(16-13-19)24-21-9-4-10-22(21)27-23(28-24)18-6-2-1-3-7-18/h1-3,5-8,17,19H,4,9-16H2,(H,26,30). The van der Waals surface area contributed by atoms with Crippen LogP contribution in [-0.2, 0) is 24.1 Å². The van der Waals surface area contributed by atoms with E-state index in [9.17, 15) is 4.79 Å². The van der Waals surface area contributed by atoms with E-state index >= 15 is 0 Å². The summed E-state index contributed by atoms with van der Waals surface area (Å²) in [7, 11) is 0. The third kappa shape index (κ3) is 4.33. The lowest BCUT2D eigenvalue weighted by molar-refractivity contribution is -0.125. The maximum absolute atomic E-state index is 12.6. The molecule has 3 heterocycles. The lowest BCUT2D eigenvalue weighted by atomic mass is 9.95. The first-order valence-electron chi connectivity index (χ1n) is 11.3. The summed E-state index contributed by atoms with van der Waals surface area (Å²) in [6.07, 6.45) is 7.32. The van der Waals surface area contributed by atoms with Gasteiger partial charge in [0.25, 0.3) is 0 Å². The second kappa shape index (κ2) is 8.92. The van der Waals surface area contributed by atoms with Crippen LogP contribution in [0.1, 0.15) is 36.3 Å². The van der Waals surface area contributed by atoms with Crippen molar-refractivity contribution in [2.24, 2.45) is 5.92 Å². The second-order valence-electron chi connectivity index (χ2n) is 8.40. The monoisotopic (exact) mass is 416 g/mol. The SMILES string of the molecule is O=C(NCCc1ccco1)C1CCN(c2nc(-c3ccccc3)nc3c2CCC3)CC1. The molecule has 0 saturated carbocycles. The summed E-state index contributed by atoms with van der Waals surface area (Å²) in [6.45, 7) is 2.33. The Morgan fingerprint density at radius 1 is 1.06 bits per heavy atom. The predicted octanol–water partition coefficient (Wildman–Crippen LogP) is 3.80. The Morgan fingerprint density at radius 3 is 2.68 bits per heavy atom. The molecule has 1 aromatic carbocycles. The van der Waals surface area contributed by atoms with Crippen molar-refractivity contribution in [3.05, 3.63) is 65.7 Å². The lowest BCUT2D eigenvalue weighted by Gasteiger charge is -2.33. The molecule has 3 aromatic rings. The summed E-state index contributed by atoms with van der Waals surface area (Å²) in [4.78, 5) is 24.8. The Bertz CT molecular complexity index is 1030. The number of nitrogens with zero attached hydrogens (tertiary/aromatic N) is 3. The second-order valence-corrected chi connectivity index (χ2v) is 8.40. The summed E-state index contributed by atoms with van der Waals surface area (Å²) in [5.74, 6) is 3.02. The van der Waals surface area contributed by atoms with Gasteiger partial charge in [0.2, 0.25) is 5.91 Å². The molecule has 6 nitrogen and oxygen atoms in total. The number of hydrogen-bond acceptors (Lipinski definition) is 5. The van der Waals surface area contributed by atoms with E-state index in [4.69, 9.17) is 14.4 Å². The van der Waals surface area contributed by atoms with Crippen LogP contribution >= 0.6 is 0 Å². The molecular weight excluding hydrogens is 388 g/mol. The van der Waals surface area contributed by atoms with Gasteiger partial charge in [-0.1, -0.05) is 30.3 Å². The third-order valence-corrected chi connectivity index (χ3v) is 6.36. The first kappa shape index (κ1) is 19.8. The number of fused-ring (bicyclic) bond motifs is 1. The summed E-state index contributed by atoms with van der Waals surface area (Å²) in [5.41, 5.74) is 3.56. The van der Waals surface area contributed by atoms with Crippen molar-refractivity contribution in [2.75, 3.05) is 24.5 Å². The minimum absolute atomic E-state index is 0.0660. The Labute approximate surface area is 182 Å². The number of piperidine rings is 1. The predicted molar refractivity (Wildman–Crippen MR) is 120 cm³/mol. The minimum Gasteiger partial charge on any atom is -0.469 e. The normalized spacial score (nSPS) is 16.3. The molecule has 1 aliphatic heterocycles. The van der Waals surface area contributed by atoms with Gasteiger partial charge in [-0.15, -0.1) is 0 Å². The Morgan fingerprint density at radius 2 is 1.90 bits per heavy atom. The highest BCUT2D eigenvalue weighted by Crippen LogP contribution is 2.33. The van der Waals surface area contributed by atoms with Crippen molar-refractivity contribution in [3.8, 4) is 11.4 Å². The van der Waals surface area contributed by atoms with Crippen molar-refractivity contribution in [1.82, 2.24) is 15.3 Å². The van der Waals surface area contributed by atoms with Gasteiger partial charge in [0.05, 0.1) is 6.26 Å². The van der Waals surface area contributed by atoms with E-state index < -0.39 is 0 Å². The Hall–Kier alpha value is -3.15. The van der Waals surface area contributed by atoms with E-state index in [0.29, 0.717) is 6.54 Å². The zero-order valence-corrected chi connectivity index (χ0v) is 17.7. The molecule has 1 fully saturated rings. The van der Waals surface area contributed by atoms with Crippen LogP contribution in [0.5, 0.6) is 0 Å². The van der Waals surface area contributed by atoms with E-state index in [0.717, 1.165) is 74.6 Å². The number of nitrogens with one attached hydrogen (secondary N) is 1. The fourth-order valence-corrected chi connectivity index (χ4v) is 4.65. The fourth-order valence-electron chi connectivity index (χ4n) is 4.65. The van der Waals surface area contributed by atoms with Gasteiger partial charge in [-0.25, -0.2) is 9.97 Å². The first-order valence-corrected chi connectivity index (χ1v) is 11.3. The van der Waals surface area contributed by atoms with Crippen molar-refractivity contribution in [3.63, 3.8) is 0 Å². The van der Waals surface area contributed by atoms with Gasteiger partial charge in [0.1, 0.15) is 11.6 Å². The topological polar surface area (TPSA) is 71.3 Å². The van der Waals surface area contributed by atoms with E-state index in [2.05, 4.69) is 22.3 Å². The van der Waals surface area contributed by atoms with Crippen LogP contribution in [0, 0.1) is 5.92 Å². The molecule has 160 valence electrons. The van der Waals surface area contributed by atoms with Crippen LogP contribution in [0.25, 0.3) is 11.4 Å². The molecule has 0 spiro atoms. The van der Waals surface area contributed by atoms with Gasteiger partial charge in [-0.2, -0.15) is 0 Å². The molecule has 0 atom stereocenters. The van der Waals surface area contributed by atoms with Gasteiger partial charge in [0, 0.05) is 48.8 Å². The summed E-state index contributed by atoms with van der Waals surface area (Å²) in [6, 6.07) is 14.0. The number of amides is 1. The van der Waals surface area contributed by atoms with E-state index in [1.165, 1.54) is 11.3 Å². The molecule has 31 heavy (non-hydrogen) atoms. The highest BCUT2D eigenvalue weighted by atomic mass is 16.3. The summed E-state index contributed by atoms with van der Waals surface area (Å²) >= 11 is 0. The molecule has 5 rings (SSSR count). The average molecular weight is 417 g/mol. The third-order valence-electron chi connectivity index (χ3n) is 6.36. The lowest BCUT2D eigenvalue weighted by Crippen LogP contribution is -2.41. The molecule has 1 saturated heterocycles. The first-order chi connectivity index (χ1) is 15.3. The van der Waals surface area contributed by atoms with Crippen LogP contribution in [0.2, 0.25) is 0 Å². The number of aryl methyl sites for hydroxylation is 1. The van der Waals surface area contributed by atoms with Crippen LogP contribution in [0.4, 0.5) is 5.82 Å². The maximum Gasteiger partial charge on any atom is 0.223 e. The molecule has 1 amide bonds. The maximum atomic E-state index is 12.6. The van der Waals surface area contributed by atoms with Crippen LogP contribution in [-0.4, -0.2) is 35.5 Å². The molecule has 1 N–H and O–H groups in total. The summed E-state index contributed by atoms with van der Waals surface area (Å²) in [5, 5.41) is 3.07. The Balaban J connectivity index is 1.24. The molecule has 2 aliphatic rings. The average Bonchev–Trinajstić information content (AvgIpc) is 3.51. The number of carbonyl (C=O) groups is 1. The van der Waals surface area contributed by atoms with Crippen molar-refractivity contribution < 1.29 is 9.21 Å². The van der Waals surface area contributed by atoms with Gasteiger partial charge >= 0.3 is 0 Å². The molecule has 0 radical (unpaired) electrons. The fraction of sp³-hybridized carbons (Fsp3) is 0.400. The zero-order chi connectivity index (χ0) is 21.0. The zero-order valence-electron chi connectivity index (χ0n) is 17.7. The van der Waals surface area contributed by atoms with E-state index in [-0.39, 0.29) is 11.8 Å². The van der Waals surface area contributed by atoms with Gasteiger partial charge in [-0.05, 0) is 44.2 Å². The number of hydrogen-bond donors (Lipinski definition) is 1. The van der Waals surface area contributed by atoms with E-state index in [1.54, 1.807) is 6.26 Å². The van der Waals surface area contributed by atoms with Crippen molar-refractivity contribution >= 4 is 11.7 Å². The van der Waals surface area contributed by atoms with Gasteiger partial charge < -0.3 is 14.6 Å². The van der Waals surface area contributed by atoms with E-state index in [1.807, 2.05) is 30.3 Å². The van der Waals surface area contributed by atoms with Gasteiger partial charge in [0.15, 0.2) is 5.82 Å². The number of carbonyl (C=O) groups excluding carboxylic acids is 1. The number of furan rings is 1. The number of rotatable bonds is 6. The van der Waals surface area contributed by atoms with Crippen LogP contribution in [0.3, 0.4) is 0 Å². The molecular formula is C25H28N4O2. The molecule has 6 heteroatoms. The van der Waals surface area contributed by atoms with Crippen LogP contribution in [0.15, 0.2) is 53.1 Å². The number of benzene rings is 1. The minimum atomic E-state index is 0.0660. The Kier molecular flexibility index (Phi) is 5.69. The quantitative estimate of drug-likeness (QED) is 0.662. The largest absolute Gasteiger partial charge is 0.469 e. The molecule has 1 aliphatic carbocycles. The highest BCUT2D eigenvalue weighted by Gasteiger charge is 2.29. The molecule has 0 bridgehead atoms. The highest BCUT2D eigenvalue weighted by molar-refractivity contribution is 5.79. The van der Waals surface area contributed by atoms with Crippen molar-refractivity contribution in [1.29, 1.82) is 0 Å².